The molecule has 0 saturated carbocycles. The second-order valence-corrected chi connectivity index (χ2v) is 6.22. The summed E-state index contributed by atoms with van der Waals surface area (Å²) in [6.07, 6.45) is 4.04. The van der Waals surface area contributed by atoms with Gasteiger partial charge in [0.15, 0.2) is 0 Å². The molecule has 0 aromatic carbocycles. The molecule has 4 heteroatoms. The van der Waals surface area contributed by atoms with Crippen LogP contribution in [0.3, 0.4) is 0 Å². The molecule has 1 heterocycles. The number of thioether (sulfide) groups is 1. The molecule has 0 atom stereocenters. The van der Waals surface area contributed by atoms with Gasteiger partial charge < -0.3 is 10.6 Å². The van der Waals surface area contributed by atoms with Gasteiger partial charge in [0.1, 0.15) is 0 Å². The number of carbonyl (C=O) groups is 1. The fourth-order valence-corrected chi connectivity index (χ4v) is 1.82. The van der Waals surface area contributed by atoms with Crippen molar-refractivity contribution in [3.05, 3.63) is 0 Å². The van der Waals surface area contributed by atoms with Gasteiger partial charge in [-0.25, -0.2) is 0 Å². The van der Waals surface area contributed by atoms with Crippen LogP contribution in [0.4, 0.5) is 0 Å². The molecule has 0 bridgehead atoms. The average molecular weight is 230 g/mol. The average Bonchev–Trinajstić information content (AvgIpc) is 2.27. The first-order valence-electron chi connectivity index (χ1n) is 5.59. The van der Waals surface area contributed by atoms with Crippen LogP contribution in [-0.4, -0.2) is 36.5 Å². The molecule has 0 aromatic heterocycles. The Hall–Kier alpha value is -0.220. The van der Waals surface area contributed by atoms with Crippen LogP contribution in [0.1, 0.15) is 26.7 Å². The summed E-state index contributed by atoms with van der Waals surface area (Å²) in [6.45, 7) is 7.02. The lowest BCUT2D eigenvalue weighted by molar-refractivity contribution is -0.125. The van der Waals surface area contributed by atoms with Gasteiger partial charge >= 0.3 is 0 Å². The molecule has 0 radical (unpaired) electrons. The summed E-state index contributed by atoms with van der Waals surface area (Å²) in [5.41, 5.74) is 0. The van der Waals surface area contributed by atoms with E-state index in [9.17, 15) is 4.79 Å². The summed E-state index contributed by atoms with van der Waals surface area (Å²) in [5, 5.41) is 6.33. The first-order valence-corrected chi connectivity index (χ1v) is 6.81. The molecule has 1 amide bonds. The Morgan fingerprint density at radius 1 is 1.47 bits per heavy atom. The van der Waals surface area contributed by atoms with Crippen LogP contribution in [0.2, 0.25) is 0 Å². The van der Waals surface area contributed by atoms with Crippen molar-refractivity contribution >= 4 is 17.7 Å². The van der Waals surface area contributed by atoms with Crippen molar-refractivity contribution < 1.29 is 4.79 Å². The topological polar surface area (TPSA) is 41.1 Å². The van der Waals surface area contributed by atoms with E-state index in [1.165, 1.54) is 0 Å². The number of carbonyl (C=O) groups excluding carboxylic acids is 1. The Morgan fingerprint density at radius 2 is 2.07 bits per heavy atom. The highest BCUT2D eigenvalue weighted by Crippen LogP contribution is 2.20. The van der Waals surface area contributed by atoms with Crippen LogP contribution in [0.15, 0.2) is 0 Å². The molecule has 3 nitrogen and oxygen atoms in total. The fourth-order valence-electron chi connectivity index (χ4n) is 1.60. The van der Waals surface area contributed by atoms with Crippen molar-refractivity contribution in [2.75, 3.05) is 25.9 Å². The Morgan fingerprint density at radius 3 is 2.60 bits per heavy atom. The minimum Gasteiger partial charge on any atom is -0.354 e. The van der Waals surface area contributed by atoms with Gasteiger partial charge in [0.05, 0.1) is 0 Å². The molecule has 0 aromatic rings. The van der Waals surface area contributed by atoms with Gasteiger partial charge in [-0.05, 0) is 46.0 Å². The van der Waals surface area contributed by atoms with Crippen LogP contribution >= 0.6 is 11.8 Å². The predicted octanol–water partition coefficient (Wildman–Crippen LogP) is 1.24. The third-order valence-electron chi connectivity index (χ3n) is 2.95. The summed E-state index contributed by atoms with van der Waals surface area (Å²) in [6, 6.07) is 0. The van der Waals surface area contributed by atoms with Crippen molar-refractivity contribution in [3.63, 3.8) is 0 Å². The zero-order valence-electron chi connectivity index (χ0n) is 9.93. The molecule has 1 fully saturated rings. The van der Waals surface area contributed by atoms with E-state index < -0.39 is 0 Å². The molecule has 88 valence electrons. The minimum absolute atomic E-state index is 0.141. The van der Waals surface area contributed by atoms with E-state index in [1.807, 2.05) is 0 Å². The number of hydrogen-bond acceptors (Lipinski definition) is 3. The molecule has 1 rings (SSSR count). The van der Waals surface area contributed by atoms with E-state index in [-0.39, 0.29) is 16.6 Å². The van der Waals surface area contributed by atoms with E-state index in [0.29, 0.717) is 0 Å². The third kappa shape index (κ3) is 4.43. The highest BCUT2D eigenvalue weighted by atomic mass is 32.2. The lowest BCUT2D eigenvalue weighted by Gasteiger charge is -2.26. The quantitative estimate of drug-likeness (QED) is 0.763. The van der Waals surface area contributed by atoms with E-state index >= 15 is 0 Å². The lowest BCUT2D eigenvalue weighted by atomic mass is 9.97. The second kappa shape index (κ2) is 5.75. The molecular formula is C11H22N2OS. The summed E-state index contributed by atoms with van der Waals surface area (Å²) in [7, 11) is 0. The van der Waals surface area contributed by atoms with Gasteiger partial charge in [0, 0.05) is 17.2 Å². The number of piperidine rings is 1. The molecule has 0 aliphatic carbocycles. The second-order valence-electron chi connectivity index (χ2n) is 4.71. The Bertz CT molecular complexity index is 213. The van der Waals surface area contributed by atoms with Crippen molar-refractivity contribution in [2.24, 2.45) is 5.92 Å². The third-order valence-corrected chi connectivity index (χ3v) is 4.20. The van der Waals surface area contributed by atoms with Gasteiger partial charge in [-0.15, -0.1) is 0 Å². The first-order chi connectivity index (χ1) is 7.05. The van der Waals surface area contributed by atoms with Crippen molar-refractivity contribution in [1.82, 2.24) is 10.6 Å². The standard InChI is InChI=1S/C11H22N2OS/c1-11(2,15-3)8-13-10(14)9-4-6-12-7-5-9/h9,12H,4-8H2,1-3H3,(H,13,14). The molecule has 0 spiro atoms. The van der Waals surface area contributed by atoms with Crippen LogP contribution in [0, 0.1) is 5.92 Å². The molecular weight excluding hydrogens is 208 g/mol. The summed E-state index contributed by atoms with van der Waals surface area (Å²) < 4.78 is 0.141. The maximum Gasteiger partial charge on any atom is 0.223 e. The van der Waals surface area contributed by atoms with Crippen LogP contribution < -0.4 is 10.6 Å². The highest BCUT2D eigenvalue weighted by Gasteiger charge is 2.23. The molecule has 0 unspecified atom stereocenters. The van der Waals surface area contributed by atoms with Crippen molar-refractivity contribution in [1.29, 1.82) is 0 Å². The number of nitrogens with one attached hydrogen (secondary N) is 2. The Labute approximate surface area is 96.8 Å². The molecule has 1 saturated heterocycles. The minimum atomic E-state index is 0.141. The molecule has 15 heavy (non-hydrogen) atoms. The monoisotopic (exact) mass is 230 g/mol. The smallest absolute Gasteiger partial charge is 0.223 e. The summed E-state index contributed by atoms with van der Waals surface area (Å²) in [4.78, 5) is 11.8. The van der Waals surface area contributed by atoms with E-state index in [0.717, 1.165) is 32.5 Å². The van der Waals surface area contributed by atoms with Gasteiger partial charge in [-0.3, -0.25) is 4.79 Å². The maximum absolute atomic E-state index is 11.8. The zero-order chi connectivity index (χ0) is 11.3. The van der Waals surface area contributed by atoms with Crippen molar-refractivity contribution in [3.8, 4) is 0 Å². The number of rotatable bonds is 4. The Balaban J connectivity index is 2.28. The van der Waals surface area contributed by atoms with E-state index in [4.69, 9.17) is 0 Å². The van der Waals surface area contributed by atoms with Crippen molar-refractivity contribution in [2.45, 2.75) is 31.4 Å². The molecule has 1 aliphatic rings. The SMILES string of the molecule is CSC(C)(C)CNC(=O)C1CCNCC1. The lowest BCUT2D eigenvalue weighted by Crippen LogP contribution is -2.42. The van der Waals surface area contributed by atoms with Gasteiger partial charge in [0.2, 0.25) is 5.91 Å². The maximum atomic E-state index is 11.8. The van der Waals surface area contributed by atoms with Gasteiger partial charge in [-0.1, -0.05) is 0 Å². The number of hydrogen-bond donors (Lipinski definition) is 2. The molecule has 2 N–H and O–H groups in total. The first kappa shape index (κ1) is 12.8. The van der Waals surface area contributed by atoms with E-state index in [2.05, 4.69) is 30.7 Å². The van der Waals surface area contributed by atoms with Gasteiger partial charge in [-0.2, -0.15) is 11.8 Å². The normalized spacial score (nSPS) is 18.9. The fraction of sp³-hybridized carbons (Fsp3) is 0.909. The zero-order valence-corrected chi connectivity index (χ0v) is 10.7. The largest absolute Gasteiger partial charge is 0.354 e. The predicted molar refractivity (Wildman–Crippen MR) is 66.2 cm³/mol. The van der Waals surface area contributed by atoms with Crippen LogP contribution in [-0.2, 0) is 4.79 Å². The molecule has 1 aliphatic heterocycles. The van der Waals surface area contributed by atoms with E-state index in [1.54, 1.807) is 11.8 Å². The summed E-state index contributed by atoms with van der Waals surface area (Å²) >= 11 is 1.79. The van der Waals surface area contributed by atoms with Crippen LogP contribution in [0.25, 0.3) is 0 Å². The highest BCUT2D eigenvalue weighted by molar-refractivity contribution is 7.99. The van der Waals surface area contributed by atoms with Gasteiger partial charge in [0.25, 0.3) is 0 Å². The summed E-state index contributed by atoms with van der Waals surface area (Å²) in [5.74, 6) is 0.461. The van der Waals surface area contributed by atoms with Crippen LogP contribution in [0.5, 0.6) is 0 Å². The number of amides is 1. The Kier molecular flexibility index (Phi) is 4.93.